The van der Waals surface area contributed by atoms with Gasteiger partial charge < -0.3 is 15.2 Å². The summed E-state index contributed by atoms with van der Waals surface area (Å²) < 4.78 is 23.5. The molecule has 3 N–H and O–H groups in total. The molecule has 1 atom stereocenters. The third kappa shape index (κ3) is 9.89. The summed E-state index contributed by atoms with van der Waals surface area (Å²) in [6.45, 7) is 9.28. The van der Waals surface area contributed by atoms with Gasteiger partial charge in [0.05, 0.1) is 6.54 Å². The Bertz CT molecular complexity index is 363. The zero-order valence-corrected chi connectivity index (χ0v) is 13.5. The number of amides is 2. The van der Waals surface area contributed by atoms with Crippen molar-refractivity contribution in [1.82, 2.24) is 10.4 Å². The van der Waals surface area contributed by atoms with Crippen LogP contribution in [0, 0.1) is 0 Å². The molecule has 0 bridgehead atoms. The van der Waals surface area contributed by atoms with E-state index in [-0.39, 0.29) is 6.54 Å². The van der Waals surface area contributed by atoms with Gasteiger partial charge in [0.25, 0.3) is 0 Å². The number of carbonyl (C=O) groups excluding carboxylic acids is 2. The van der Waals surface area contributed by atoms with Crippen LogP contribution in [0.5, 0.6) is 0 Å². The molecule has 0 aromatic rings. The van der Waals surface area contributed by atoms with Crippen LogP contribution in [0.3, 0.4) is 0 Å². The van der Waals surface area contributed by atoms with E-state index < -0.39 is 36.1 Å². The summed E-state index contributed by atoms with van der Waals surface area (Å²) in [5.41, 5.74) is 5.82. The second-order valence-corrected chi connectivity index (χ2v) is 6.54. The molecular weight excluding hydrogens is 281 g/mol. The van der Waals surface area contributed by atoms with Crippen molar-refractivity contribution in [2.45, 2.75) is 58.9 Å². The Morgan fingerprint density at radius 1 is 1.14 bits per heavy atom. The number of rotatable bonds is 3. The molecule has 8 heteroatoms. The third-order valence-corrected chi connectivity index (χ3v) is 1.88. The molecule has 21 heavy (non-hydrogen) atoms. The topological polar surface area (TPSA) is 93.9 Å². The molecule has 0 spiro atoms. The third-order valence-electron chi connectivity index (χ3n) is 1.88. The molecule has 124 valence electrons. The lowest BCUT2D eigenvalue weighted by Crippen LogP contribution is -2.52. The normalized spacial score (nSPS) is 13.3. The minimum atomic E-state index is -1.49. The predicted molar refractivity (Wildman–Crippen MR) is 76.3 cm³/mol. The van der Waals surface area contributed by atoms with Crippen molar-refractivity contribution < 1.29 is 23.5 Å². The Balaban J connectivity index is 4.82. The Morgan fingerprint density at radius 2 is 1.62 bits per heavy atom. The number of hydrogen-bond acceptors (Lipinski definition) is 5. The molecule has 0 aromatic heterocycles. The molecule has 7 nitrogen and oxygen atoms in total. The van der Waals surface area contributed by atoms with Crippen molar-refractivity contribution in [2.75, 3.05) is 13.1 Å². The summed E-state index contributed by atoms with van der Waals surface area (Å²) >= 11 is 0. The van der Waals surface area contributed by atoms with Gasteiger partial charge in [-0.05, 0) is 41.5 Å². The molecule has 0 aliphatic carbocycles. The van der Waals surface area contributed by atoms with Crippen LogP contribution in [-0.2, 0) is 9.47 Å². The number of carbonyl (C=O) groups is 2. The molecule has 0 saturated heterocycles. The molecule has 0 fully saturated rings. The van der Waals surface area contributed by atoms with Crippen molar-refractivity contribution in [3.63, 3.8) is 0 Å². The van der Waals surface area contributed by atoms with Crippen LogP contribution < -0.4 is 11.2 Å². The van der Waals surface area contributed by atoms with Crippen LogP contribution in [0.1, 0.15) is 41.5 Å². The summed E-state index contributed by atoms with van der Waals surface area (Å²) in [6.07, 6.45) is -3.26. The van der Waals surface area contributed by atoms with Crippen molar-refractivity contribution in [3.05, 3.63) is 0 Å². The van der Waals surface area contributed by atoms with Crippen LogP contribution in [0.25, 0.3) is 0 Å². The number of hydrazine groups is 1. The number of hydrogen-bond donors (Lipinski definition) is 2. The van der Waals surface area contributed by atoms with E-state index in [4.69, 9.17) is 15.2 Å². The molecule has 0 heterocycles. The van der Waals surface area contributed by atoms with Crippen molar-refractivity contribution >= 4 is 12.2 Å². The summed E-state index contributed by atoms with van der Waals surface area (Å²) in [7, 11) is 0. The monoisotopic (exact) mass is 307 g/mol. The number of alkyl halides is 1. The zero-order valence-electron chi connectivity index (χ0n) is 13.5. The first-order chi connectivity index (χ1) is 9.34. The summed E-state index contributed by atoms with van der Waals surface area (Å²) in [6, 6.07) is 0. The minimum absolute atomic E-state index is 0.282. The lowest BCUT2D eigenvalue weighted by Gasteiger charge is -2.29. The SMILES string of the molecule is CC(C)(C)OC(=O)NN(CC(F)CN)C(=O)OC(C)(C)C. The van der Waals surface area contributed by atoms with Gasteiger partial charge in [-0.1, -0.05) is 0 Å². The van der Waals surface area contributed by atoms with E-state index in [1.165, 1.54) is 0 Å². The lowest BCUT2D eigenvalue weighted by atomic mass is 10.2. The Labute approximate surface area is 124 Å². The van der Waals surface area contributed by atoms with Crippen molar-refractivity contribution in [3.8, 4) is 0 Å². The average Bonchev–Trinajstić information content (AvgIpc) is 2.22. The van der Waals surface area contributed by atoms with Crippen LogP contribution >= 0.6 is 0 Å². The van der Waals surface area contributed by atoms with Crippen molar-refractivity contribution in [2.24, 2.45) is 5.73 Å². The van der Waals surface area contributed by atoms with Gasteiger partial charge in [-0.15, -0.1) is 0 Å². The first kappa shape index (κ1) is 19.4. The van der Waals surface area contributed by atoms with Crippen LogP contribution in [-0.4, -0.2) is 47.7 Å². The standard InChI is InChI=1S/C13H26FN3O4/c1-12(2,3)20-10(18)16-17(8-9(14)7-15)11(19)21-13(4,5)6/h9H,7-8,15H2,1-6H3,(H,16,18). The van der Waals surface area contributed by atoms with E-state index in [1.54, 1.807) is 41.5 Å². The maximum absolute atomic E-state index is 13.4. The minimum Gasteiger partial charge on any atom is -0.443 e. The van der Waals surface area contributed by atoms with E-state index >= 15 is 0 Å². The molecule has 2 amide bonds. The highest BCUT2D eigenvalue weighted by Gasteiger charge is 2.27. The van der Waals surface area contributed by atoms with Gasteiger partial charge in [0.1, 0.15) is 17.4 Å². The quantitative estimate of drug-likeness (QED) is 0.777. The van der Waals surface area contributed by atoms with Crippen molar-refractivity contribution in [1.29, 1.82) is 0 Å². The van der Waals surface area contributed by atoms with Crippen LogP contribution in [0.4, 0.5) is 14.0 Å². The summed E-state index contributed by atoms with van der Waals surface area (Å²) in [4.78, 5) is 23.6. The highest BCUT2D eigenvalue weighted by atomic mass is 19.1. The van der Waals surface area contributed by atoms with Gasteiger partial charge in [0.15, 0.2) is 0 Å². The van der Waals surface area contributed by atoms with Gasteiger partial charge in [-0.25, -0.2) is 24.4 Å². The number of nitrogens with two attached hydrogens (primary N) is 1. The fourth-order valence-corrected chi connectivity index (χ4v) is 1.17. The molecule has 0 saturated carbocycles. The van der Waals surface area contributed by atoms with Gasteiger partial charge in [0, 0.05) is 6.54 Å². The lowest BCUT2D eigenvalue weighted by molar-refractivity contribution is -0.00328. The fraction of sp³-hybridized carbons (Fsp3) is 0.846. The van der Waals surface area contributed by atoms with E-state index in [1.807, 2.05) is 0 Å². The Kier molecular flexibility index (Phi) is 6.89. The molecular formula is C13H26FN3O4. The second kappa shape index (κ2) is 7.44. The number of nitrogens with zero attached hydrogens (tertiary/aromatic N) is 1. The second-order valence-electron chi connectivity index (χ2n) is 6.54. The molecule has 0 aliphatic heterocycles. The average molecular weight is 307 g/mol. The summed E-state index contributed by atoms with van der Waals surface area (Å²) in [5.74, 6) is 0. The molecule has 0 aromatic carbocycles. The van der Waals surface area contributed by atoms with E-state index in [0.717, 1.165) is 5.01 Å². The number of ether oxygens (including phenoxy) is 2. The highest BCUT2D eigenvalue weighted by molar-refractivity contribution is 5.74. The van der Waals surface area contributed by atoms with E-state index in [0.29, 0.717) is 0 Å². The van der Waals surface area contributed by atoms with E-state index in [9.17, 15) is 14.0 Å². The zero-order chi connectivity index (χ0) is 16.8. The Hall–Kier alpha value is -1.57. The van der Waals surface area contributed by atoms with Crippen LogP contribution in [0.15, 0.2) is 0 Å². The number of halogens is 1. The van der Waals surface area contributed by atoms with E-state index in [2.05, 4.69) is 5.43 Å². The smallest absolute Gasteiger partial charge is 0.429 e. The van der Waals surface area contributed by atoms with Crippen LogP contribution in [0.2, 0.25) is 0 Å². The van der Waals surface area contributed by atoms with Gasteiger partial charge in [0.2, 0.25) is 0 Å². The van der Waals surface area contributed by atoms with Gasteiger partial charge in [-0.2, -0.15) is 0 Å². The molecule has 0 radical (unpaired) electrons. The maximum Gasteiger partial charge on any atom is 0.429 e. The molecule has 0 aliphatic rings. The van der Waals surface area contributed by atoms with Gasteiger partial charge >= 0.3 is 12.2 Å². The molecule has 1 unspecified atom stereocenters. The molecule has 0 rings (SSSR count). The first-order valence-corrected chi connectivity index (χ1v) is 6.68. The summed E-state index contributed by atoms with van der Waals surface area (Å²) in [5, 5.41) is 0.719. The fourth-order valence-electron chi connectivity index (χ4n) is 1.17. The highest BCUT2D eigenvalue weighted by Crippen LogP contribution is 2.11. The maximum atomic E-state index is 13.4. The Morgan fingerprint density at radius 3 is 2.00 bits per heavy atom. The first-order valence-electron chi connectivity index (χ1n) is 6.68. The van der Waals surface area contributed by atoms with Gasteiger partial charge in [-0.3, -0.25) is 0 Å². The predicted octanol–water partition coefficient (Wildman–Crippen LogP) is 1.96. The number of nitrogens with one attached hydrogen (secondary N) is 1. The largest absolute Gasteiger partial charge is 0.443 e.